The lowest BCUT2D eigenvalue weighted by molar-refractivity contribution is -0.119. The summed E-state index contributed by atoms with van der Waals surface area (Å²) in [5, 5.41) is 12.4. The van der Waals surface area contributed by atoms with Gasteiger partial charge in [-0.05, 0) is 38.0 Å². The number of rotatable bonds is 4. The molecule has 1 unspecified atom stereocenters. The quantitative estimate of drug-likeness (QED) is 0.785. The number of carboxylic acid groups (broad SMARTS) is 1. The van der Waals surface area contributed by atoms with Crippen LogP contribution < -0.4 is 15.1 Å². The van der Waals surface area contributed by atoms with Crippen LogP contribution in [0.15, 0.2) is 24.4 Å². The van der Waals surface area contributed by atoms with E-state index in [1.165, 1.54) is 12.1 Å². The number of benzene rings is 1. The molecule has 2 aliphatic rings. The highest BCUT2D eigenvalue weighted by molar-refractivity contribution is 6.33. The fourth-order valence-corrected chi connectivity index (χ4v) is 4.32. The number of aromatic nitrogens is 2. The first-order valence-corrected chi connectivity index (χ1v) is 9.97. The standard InChI is InChI=1S/C20H22ClN5O3/c1-11-18(27)25(2)16-10-22-20(24-17(16)26(11)13-5-3-4-6-13)23-15-8-7-12(19(28)29)9-14(15)21/h7-11,13H,3-6H2,1-2H3,(H,28,29)(H,22,23,24). The molecule has 1 saturated carbocycles. The Labute approximate surface area is 173 Å². The summed E-state index contributed by atoms with van der Waals surface area (Å²) in [6.07, 6.45) is 6.01. The minimum absolute atomic E-state index is 0.0287. The van der Waals surface area contributed by atoms with Gasteiger partial charge in [0.25, 0.3) is 0 Å². The second-order valence-electron chi connectivity index (χ2n) is 7.45. The normalized spacial score (nSPS) is 19.4. The Morgan fingerprint density at radius 2 is 2.03 bits per heavy atom. The number of amides is 1. The van der Waals surface area contributed by atoms with Crippen molar-refractivity contribution in [3.05, 3.63) is 35.0 Å². The van der Waals surface area contributed by atoms with Crippen molar-refractivity contribution in [2.45, 2.75) is 44.7 Å². The number of anilines is 4. The third-order valence-corrected chi connectivity index (χ3v) is 5.95. The number of carbonyl (C=O) groups excluding carboxylic acids is 1. The molecule has 0 saturated heterocycles. The molecule has 0 bridgehead atoms. The zero-order valence-corrected chi connectivity index (χ0v) is 17.0. The number of likely N-dealkylation sites (N-methyl/N-ethyl adjacent to an activating group) is 1. The van der Waals surface area contributed by atoms with Crippen molar-refractivity contribution in [2.75, 3.05) is 22.2 Å². The highest BCUT2D eigenvalue weighted by Crippen LogP contribution is 2.39. The second kappa shape index (κ2) is 7.51. The Hall–Kier alpha value is -2.87. The zero-order valence-electron chi connectivity index (χ0n) is 16.2. The number of fused-ring (bicyclic) bond motifs is 1. The van der Waals surface area contributed by atoms with E-state index in [1.54, 1.807) is 24.2 Å². The molecule has 1 fully saturated rings. The molecule has 1 aromatic heterocycles. The van der Waals surface area contributed by atoms with Crippen LogP contribution >= 0.6 is 11.6 Å². The van der Waals surface area contributed by atoms with Crippen LogP contribution in [-0.4, -0.2) is 46.1 Å². The molecular weight excluding hydrogens is 394 g/mol. The summed E-state index contributed by atoms with van der Waals surface area (Å²) >= 11 is 6.22. The molecular formula is C20H22ClN5O3. The van der Waals surface area contributed by atoms with Crippen LogP contribution in [0.1, 0.15) is 43.0 Å². The maximum atomic E-state index is 12.7. The van der Waals surface area contributed by atoms with E-state index in [-0.39, 0.29) is 28.6 Å². The Bertz CT molecular complexity index is 977. The minimum Gasteiger partial charge on any atom is -0.478 e. The van der Waals surface area contributed by atoms with Crippen LogP contribution in [0, 0.1) is 0 Å². The lowest BCUT2D eigenvalue weighted by Gasteiger charge is -2.42. The zero-order chi connectivity index (χ0) is 20.7. The van der Waals surface area contributed by atoms with Gasteiger partial charge in [0.05, 0.1) is 22.5 Å². The van der Waals surface area contributed by atoms with Crippen molar-refractivity contribution in [1.29, 1.82) is 0 Å². The monoisotopic (exact) mass is 415 g/mol. The molecule has 1 atom stereocenters. The smallest absolute Gasteiger partial charge is 0.335 e. The summed E-state index contributed by atoms with van der Waals surface area (Å²) in [5.41, 5.74) is 1.29. The summed E-state index contributed by atoms with van der Waals surface area (Å²) in [6.45, 7) is 1.91. The number of hydrogen-bond acceptors (Lipinski definition) is 6. The van der Waals surface area contributed by atoms with Crippen molar-refractivity contribution in [1.82, 2.24) is 9.97 Å². The van der Waals surface area contributed by atoms with Gasteiger partial charge < -0.3 is 20.2 Å². The highest BCUT2D eigenvalue weighted by atomic mass is 35.5. The van der Waals surface area contributed by atoms with Gasteiger partial charge in [-0.1, -0.05) is 24.4 Å². The fraction of sp³-hybridized carbons (Fsp3) is 0.400. The number of halogens is 1. The second-order valence-corrected chi connectivity index (χ2v) is 7.85. The first-order valence-electron chi connectivity index (χ1n) is 9.59. The lowest BCUT2D eigenvalue weighted by atomic mass is 10.1. The Morgan fingerprint density at radius 1 is 1.31 bits per heavy atom. The van der Waals surface area contributed by atoms with Crippen LogP contribution in [0.25, 0.3) is 0 Å². The molecule has 0 spiro atoms. The van der Waals surface area contributed by atoms with E-state index >= 15 is 0 Å². The lowest BCUT2D eigenvalue weighted by Crippen LogP contribution is -2.54. The number of carbonyl (C=O) groups is 2. The van der Waals surface area contributed by atoms with Crippen molar-refractivity contribution in [2.24, 2.45) is 0 Å². The Kier molecular flexibility index (Phi) is 5.04. The van der Waals surface area contributed by atoms with Gasteiger partial charge >= 0.3 is 5.97 Å². The van der Waals surface area contributed by atoms with Gasteiger partial charge in [0.15, 0.2) is 5.82 Å². The third-order valence-electron chi connectivity index (χ3n) is 5.64. The summed E-state index contributed by atoms with van der Waals surface area (Å²) < 4.78 is 0. The third kappa shape index (κ3) is 3.48. The van der Waals surface area contributed by atoms with Crippen LogP contribution in [0.2, 0.25) is 5.02 Å². The molecule has 2 heterocycles. The molecule has 1 aromatic carbocycles. The van der Waals surface area contributed by atoms with Crippen LogP contribution in [-0.2, 0) is 4.79 Å². The minimum atomic E-state index is -1.04. The van der Waals surface area contributed by atoms with Gasteiger partial charge in [-0.15, -0.1) is 0 Å². The number of aromatic carboxylic acids is 1. The largest absolute Gasteiger partial charge is 0.478 e. The number of carboxylic acids is 1. The van der Waals surface area contributed by atoms with Gasteiger partial charge in [0, 0.05) is 13.1 Å². The van der Waals surface area contributed by atoms with E-state index in [0.29, 0.717) is 17.3 Å². The molecule has 0 radical (unpaired) electrons. The van der Waals surface area contributed by atoms with E-state index in [0.717, 1.165) is 31.5 Å². The van der Waals surface area contributed by atoms with Crippen LogP contribution in [0.4, 0.5) is 23.1 Å². The molecule has 29 heavy (non-hydrogen) atoms. The molecule has 4 rings (SSSR count). The molecule has 8 nitrogen and oxygen atoms in total. The number of hydrogen-bond donors (Lipinski definition) is 2. The van der Waals surface area contributed by atoms with Gasteiger partial charge in [0.1, 0.15) is 11.7 Å². The summed E-state index contributed by atoms with van der Waals surface area (Å²) in [6, 6.07) is 4.42. The van der Waals surface area contributed by atoms with Gasteiger partial charge in [-0.25, -0.2) is 9.78 Å². The Morgan fingerprint density at radius 3 is 2.69 bits per heavy atom. The molecule has 1 aliphatic heterocycles. The molecule has 9 heteroatoms. The van der Waals surface area contributed by atoms with Crippen molar-refractivity contribution < 1.29 is 14.7 Å². The first kappa shape index (κ1) is 19.4. The molecule has 1 aliphatic carbocycles. The van der Waals surface area contributed by atoms with Crippen molar-refractivity contribution >= 4 is 46.6 Å². The van der Waals surface area contributed by atoms with Crippen molar-refractivity contribution in [3.63, 3.8) is 0 Å². The van der Waals surface area contributed by atoms with Crippen LogP contribution in [0.5, 0.6) is 0 Å². The average Bonchev–Trinajstić information content (AvgIpc) is 3.22. The summed E-state index contributed by atoms with van der Waals surface area (Å²) in [5.74, 6) is 0.0485. The summed E-state index contributed by atoms with van der Waals surface area (Å²) in [4.78, 5) is 36.6. The van der Waals surface area contributed by atoms with E-state index < -0.39 is 5.97 Å². The highest BCUT2D eigenvalue weighted by Gasteiger charge is 2.39. The van der Waals surface area contributed by atoms with Gasteiger partial charge in [0.2, 0.25) is 11.9 Å². The number of nitrogens with zero attached hydrogens (tertiary/aromatic N) is 4. The topological polar surface area (TPSA) is 98.7 Å². The first-order chi connectivity index (χ1) is 13.9. The van der Waals surface area contributed by atoms with Gasteiger partial charge in [-0.2, -0.15) is 4.98 Å². The van der Waals surface area contributed by atoms with E-state index in [4.69, 9.17) is 21.7 Å². The molecule has 2 aromatic rings. The molecule has 2 N–H and O–H groups in total. The maximum absolute atomic E-state index is 12.7. The van der Waals surface area contributed by atoms with Gasteiger partial charge in [-0.3, -0.25) is 4.79 Å². The summed E-state index contributed by atoms with van der Waals surface area (Å²) in [7, 11) is 1.74. The maximum Gasteiger partial charge on any atom is 0.335 e. The number of nitrogens with one attached hydrogen (secondary N) is 1. The van der Waals surface area contributed by atoms with E-state index in [1.807, 2.05) is 6.92 Å². The average molecular weight is 416 g/mol. The van der Waals surface area contributed by atoms with Crippen LogP contribution in [0.3, 0.4) is 0 Å². The predicted octanol–water partition coefficient (Wildman–Crippen LogP) is 3.69. The van der Waals surface area contributed by atoms with E-state index in [9.17, 15) is 9.59 Å². The Balaban J connectivity index is 1.69. The molecule has 1 amide bonds. The van der Waals surface area contributed by atoms with E-state index in [2.05, 4.69) is 15.2 Å². The van der Waals surface area contributed by atoms with Crippen molar-refractivity contribution in [3.8, 4) is 0 Å². The molecule has 152 valence electrons. The predicted molar refractivity (Wildman–Crippen MR) is 111 cm³/mol. The SMILES string of the molecule is CC1C(=O)N(C)c2cnc(Nc3ccc(C(=O)O)cc3Cl)nc2N1C1CCCC1. The fourth-order valence-electron chi connectivity index (χ4n) is 4.10.